The summed E-state index contributed by atoms with van der Waals surface area (Å²) >= 11 is 5.53. The van der Waals surface area contributed by atoms with E-state index in [1.165, 1.54) is 0 Å². The predicted molar refractivity (Wildman–Crippen MR) is 102 cm³/mol. The third-order valence-electron chi connectivity index (χ3n) is 3.29. The number of nitrogens with two attached hydrogens (primary N) is 1. The molecule has 0 heterocycles. The van der Waals surface area contributed by atoms with Crippen molar-refractivity contribution in [3.8, 4) is 0 Å². The third-order valence-corrected chi connectivity index (χ3v) is 4.72. The number of amides is 2. The molecule has 0 aliphatic rings. The van der Waals surface area contributed by atoms with Gasteiger partial charge >= 0.3 is 0 Å². The summed E-state index contributed by atoms with van der Waals surface area (Å²) in [5.41, 5.74) is 6.86. The first-order chi connectivity index (χ1) is 11.0. The number of hydrogen-bond donors (Lipinski definition) is 1. The van der Waals surface area contributed by atoms with Crippen LogP contribution in [0.25, 0.3) is 0 Å². The summed E-state index contributed by atoms with van der Waals surface area (Å²) < 4.78 is 1.71. The molecule has 120 valence electrons. The van der Waals surface area contributed by atoms with Gasteiger partial charge in [-0.1, -0.05) is 46.3 Å². The van der Waals surface area contributed by atoms with E-state index in [0.29, 0.717) is 18.7 Å². The van der Waals surface area contributed by atoms with Crippen molar-refractivity contribution < 1.29 is 9.59 Å². The Morgan fingerprint density at radius 1 is 1.13 bits per heavy atom. The minimum atomic E-state index is -0.417. The zero-order valence-electron chi connectivity index (χ0n) is 12.3. The van der Waals surface area contributed by atoms with Gasteiger partial charge in [0, 0.05) is 27.6 Å². The second kappa shape index (κ2) is 8.44. The molecule has 2 N–H and O–H groups in total. The van der Waals surface area contributed by atoms with E-state index < -0.39 is 5.91 Å². The smallest absolute Gasteiger partial charge is 0.255 e. The largest absolute Gasteiger partial charge is 0.370 e. The van der Waals surface area contributed by atoms with Crippen LogP contribution in [0.15, 0.2) is 53.0 Å². The normalized spacial score (nSPS) is 10.3. The van der Waals surface area contributed by atoms with Crippen molar-refractivity contribution in [1.29, 1.82) is 0 Å². The molecule has 0 unspecified atom stereocenters. The van der Waals surface area contributed by atoms with Crippen LogP contribution in [0.3, 0.4) is 0 Å². The number of benzene rings is 2. The van der Waals surface area contributed by atoms with Crippen LogP contribution in [0.1, 0.15) is 22.3 Å². The SMILES string of the molecule is NC(=O)CCN(Cc1ccccc1)C(=O)c1cc(Br)ccc1I. The first kappa shape index (κ1) is 17.9. The van der Waals surface area contributed by atoms with Gasteiger partial charge in [0.25, 0.3) is 5.91 Å². The van der Waals surface area contributed by atoms with E-state index in [-0.39, 0.29) is 12.3 Å². The molecule has 6 heteroatoms. The number of primary amides is 1. The number of carbonyl (C=O) groups excluding carboxylic acids is 2. The summed E-state index contributed by atoms with van der Waals surface area (Å²) in [5, 5.41) is 0. The maximum absolute atomic E-state index is 12.9. The maximum atomic E-state index is 12.9. The van der Waals surface area contributed by atoms with E-state index in [2.05, 4.69) is 38.5 Å². The van der Waals surface area contributed by atoms with Gasteiger partial charge in [-0.25, -0.2) is 0 Å². The van der Waals surface area contributed by atoms with Crippen molar-refractivity contribution >= 4 is 50.3 Å². The molecule has 2 aromatic rings. The van der Waals surface area contributed by atoms with E-state index in [9.17, 15) is 9.59 Å². The minimum Gasteiger partial charge on any atom is -0.370 e. The highest BCUT2D eigenvalue weighted by atomic mass is 127. The highest BCUT2D eigenvalue weighted by Gasteiger charge is 2.19. The van der Waals surface area contributed by atoms with E-state index >= 15 is 0 Å². The van der Waals surface area contributed by atoms with E-state index in [1.807, 2.05) is 42.5 Å². The van der Waals surface area contributed by atoms with Crippen molar-refractivity contribution in [3.05, 3.63) is 67.7 Å². The van der Waals surface area contributed by atoms with Gasteiger partial charge in [-0.2, -0.15) is 0 Å². The van der Waals surface area contributed by atoms with Gasteiger partial charge in [-0.15, -0.1) is 0 Å². The zero-order valence-corrected chi connectivity index (χ0v) is 16.1. The van der Waals surface area contributed by atoms with Crippen molar-refractivity contribution in [3.63, 3.8) is 0 Å². The zero-order chi connectivity index (χ0) is 16.8. The quantitative estimate of drug-likeness (QED) is 0.634. The Morgan fingerprint density at radius 2 is 1.83 bits per heavy atom. The monoisotopic (exact) mass is 486 g/mol. The molecule has 4 nitrogen and oxygen atoms in total. The molecule has 0 bridgehead atoms. The van der Waals surface area contributed by atoms with Gasteiger partial charge < -0.3 is 10.6 Å². The van der Waals surface area contributed by atoms with Crippen LogP contribution >= 0.6 is 38.5 Å². The van der Waals surface area contributed by atoms with E-state index in [0.717, 1.165) is 13.6 Å². The summed E-state index contributed by atoms with van der Waals surface area (Å²) in [6, 6.07) is 15.3. The highest BCUT2D eigenvalue weighted by molar-refractivity contribution is 14.1. The molecule has 0 fully saturated rings. The second-order valence-corrected chi connectivity index (χ2v) is 7.13. The Hall–Kier alpha value is -1.41. The second-order valence-electron chi connectivity index (χ2n) is 5.05. The summed E-state index contributed by atoms with van der Waals surface area (Å²) in [6.45, 7) is 0.737. The Bertz CT molecular complexity index is 707. The van der Waals surface area contributed by atoms with Gasteiger partial charge in [-0.3, -0.25) is 9.59 Å². The summed E-state index contributed by atoms with van der Waals surface area (Å²) in [6.07, 6.45) is 0.142. The van der Waals surface area contributed by atoms with Crippen LogP contribution in [0.4, 0.5) is 0 Å². The highest BCUT2D eigenvalue weighted by Crippen LogP contribution is 2.21. The van der Waals surface area contributed by atoms with Crippen molar-refractivity contribution in [2.45, 2.75) is 13.0 Å². The molecular formula is C17H16BrIN2O2. The molecule has 2 aromatic carbocycles. The summed E-state index contributed by atoms with van der Waals surface area (Å²) in [7, 11) is 0. The van der Waals surface area contributed by atoms with Crippen LogP contribution in [0.5, 0.6) is 0 Å². The molecule has 0 radical (unpaired) electrons. The molecular weight excluding hydrogens is 471 g/mol. The summed E-state index contributed by atoms with van der Waals surface area (Å²) in [5.74, 6) is -0.527. The Balaban J connectivity index is 2.26. The Kier molecular flexibility index (Phi) is 6.59. The topological polar surface area (TPSA) is 63.4 Å². The number of carbonyl (C=O) groups is 2. The van der Waals surface area contributed by atoms with E-state index in [1.54, 1.807) is 11.0 Å². The van der Waals surface area contributed by atoms with Crippen LogP contribution in [0.2, 0.25) is 0 Å². The molecule has 0 atom stereocenters. The predicted octanol–water partition coefficient (Wildman–Crippen LogP) is 3.57. The number of halogens is 2. The Morgan fingerprint density at radius 3 is 2.48 bits per heavy atom. The Labute approximate surface area is 157 Å². The van der Waals surface area contributed by atoms with Gasteiger partial charge in [0.15, 0.2) is 0 Å². The van der Waals surface area contributed by atoms with Gasteiger partial charge in [0.2, 0.25) is 5.91 Å². The lowest BCUT2D eigenvalue weighted by Gasteiger charge is -2.23. The molecule has 0 aliphatic heterocycles. The molecule has 23 heavy (non-hydrogen) atoms. The third kappa shape index (κ3) is 5.31. The van der Waals surface area contributed by atoms with Gasteiger partial charge in [0.1, 0.15) is 0 Å². The molecule has 0 saturated carbocycles. The molecule has 0 saturated heterocycles. The minimum absolute atomic E-state index is 0.110. The lowest BCUT2D eigenvalue weighted by molar-refractivity contribution is -0.118. The van der Waals surface area contributed by atoms with Gasteiger partial charge in [0.05, 0.1) is 5.56 Å². The maximum Gasteiger partial charge on any atom is 0.255 e. The fraction of sp³-hybridized carbons (Fsp3) is 0.176. The van der Waals surface area contributed by atoms with Crippen molar-refractivity contribution in [2.24, 2.45) is 5.73 Å². The van der Waals surface area contributed by atoms with Crippen LogP contribution in [-0.2, 0) is 11.3 Å². The van der Waals surface area contributed by atoms with Gasteiger partial charge in [-0.05, 0) is 46.4 Å². The van der Waals surface area contributed by atoms with Crippen LogP contribution < -0.4 is 5.73 Å². The van der Waals surface area contributed by atoms with E-state index in [4.69, 9.17) is 5.73 Å². The van der Waals surface area contributed by atoms with Crippen molar-refractivity contribution in [1.82, 2.24) is 4.90 Å². The summed E-state index contributed by atoms with van der Waals surface area (Å²) in [4.78, 5) is 25.7. The number of hydrogen-bond acceptors (Lipinski definition) is 2. The fourth-order valence-electron chi connectivity index (χ4n) is 2.13. The lowest BCUT2D eigenvalue weighted by atomic mass is 10.1. The first-order valence-corrected chi connectivity index (χ1v) is 8.91. The van der Waals surface area contributed by atoms with Crippen molar-refractivity contribution in [2.75, 3.05) is 6.54 Å². The van der Waals surface area contributed by atoms with Crippen LogP contribution in [0, 0.1) is 3.57 Å². The fourth-order valence-corrected chi connectivity index (χ4v) is 3.06. The number of rotatable bonds is 6. The molecule has 0 spiro atoms. The molecule has 2 amide bonds. The molecule has 2 rings (SSSR count). The standard InChI is InChI=1S/C17H16BrIN2O2/c18-13-6-7-15(19)14(10-13)17(23)21(9-8-16(20)22)11-12-4-2-1-3-5-12/h1-7,10H,8-9,11H2,(H2,20,22). The molecule has 0 aromatic heterocycles. The average molecular weight is 487 g/mol. The molecule has 0 aliphatic carbocycles. The lowest BCUT2D eigenvalue weighted by Crippen LogP contribution is -2.34. The number of nitrogens with zero attached hydrogens (tertiary/aromatic N) is 1. The average Bonchev–Trinajstić information content (AvgIpc) is 2.54. The van der Waals surface area contributed by atoms with Crippen LogP contribution in [-0.4, -0.2) is 23.3 Å². The first-order valence-electron chi connectivity index (χ1n) is 7.04.